The van der Waals surface area contributed by atoms with E-state index >= 15 is 0 Å². The van der Waals surface area contributed by atoms with Crippen LogP contribution in [0.3, 0.4) is 0 Å². The number of hydrogen-bond donors (Lipinski definition) is 1. The number of ether oxygens (including phenoxy) is 1. The molecule has 0 fully saturated rings. The molecule has 1 N–H and O–H groups in total. The first-order chi connectivity index (χ1) is 7.58. The van der Waals surface area contributed by atoms with E-state index in [1.807, 2.05) is 0 Å². The summed E-state index contributed by atoms with van der Waals surface area (Å²) in [5.74, 6) is 0. The fourth-order valence-corrected chi connectivity index (χ4v) is 2.03. The molecule has 0 aromatic rings. The van der Waals surface area contributed by atoms with Crippen molar-refractivity contribution >= 4 is 0 Å². The molecule has 0 saturated carbocycles. The molecule has 0 aromatic heterocycles. The molecule has 0 aliphatic carbocycles. The third-order valence-electron chi connectivity index (χ3n) is 3.42. The molecule has 0 bridgehead atoms. The molecule has 0 aliphatic rings. The van der Waals surface area contributed by atoms with Crippen molar-refractivity contribution in [3.63, 3.8) is 0 Å². The Balaban J connectivity index is 4.19. The van der Waals surface area contributed by atoms with E-state index in [0.717, 1.165) is 13.2 Å². The monoisotopic (exact) mass is 230 g/mol. The molecule has 0 aliphatic heterocycles. The third kappa shape index (κ3) is 5.28. The second-order valence-corrected chi connectivity index (χ2v) is 4.68. The first kappa shape index (κ1) is 15.9. The van der Waals surface area contributed by atoms with E-state index in [4.69, 9.17) is 4.74 Å². The number of nitrogens with one attached hydrogen (secondary N) is 1. The normalized spacial score (nSPS) is 17.4. The van der Waals surface area contributed by atoms with Gasteiger partial charge in [-0.05, 0) is 40.3 Å². The lowest BCUT2D eigenvalue weighted by Crippen LogP contribution is -2.50. The number of rotatable bonds is 9. The third-order valence-corrected chi connectivity index (χ3v) is 3.42. The highest BCUT2D eigenvalue weighted by molar-refractivity contribution is 4.81. The minimum Gasteiger partial charge on any atom is -0.383 e. The summed E-state index contributed by atoms with van der Waals surface area (Å²) in [7, 11) is 3.95. The topological polar surface area (TPSA) is 24.5 Å². The molecule has 3 atom stereocenters. The van der Waals surface area contributed by atoms with E-state index < -0.39 is 0 Å². The molecule has 0 radical (unpaired) electrons. The molecule has 16 heavy (non-hydrogen) atoms. The highest BCUT2D eigenvalue weighted by Crippen LogP contribution is 2.09. The maximum atomic E-state index is 5.21. The van der Waals surface area contributed by atoms with Crippen LogP contribution in [-0.4, -0.2) is 50.3 Å². The molecule has 0 spiro atoms. The molecular weight excluding hydrogens is 200 g/mol. The van der Waals surface area contributed by atoms with Crippen LogP contribution in [0.15, 0.2) is 0 Å². The van der Waals surface area contributed by atoms with Crippen molar-refractivity contribution in [1.82, 2.24) is 10.2 Å². The Morgan fingerprint density at radius 1 is 1.25 bits per heavy atom. The second kappa shape index (κ2) is 8.97. The summed E-state index contributed by atoms with van der Waals surface area (Å²) in [5.41, 5.74) is 0. The van der Waals surface area contributed by atoms with Crippen LogP contribution < -0.4 is 5.32 Å². The average molecular weight is 230 g/mol. The van der Waals surface area contributed by atoms with E-state index in [-0.39, 0.29) is 0 Å². The van der Waals surface area contributed by atoms with E-state index in [1.165, 1.54) is 12.8 Å². The van der Waals surface area contributed by atoms with Crippen LogP contribution in [0.25, 0.3) is 0 Å². The summed E-state index contributed by atoms with van der Waals surface area (Å²) in [6, 6.07) is 1.59. The van der Waals surface area contributed by atoms with Crippen molar-refractivity contribution in [1.29, 1.82) is 0 Å². The van der Waals surface area contributed by atoms with Gasteiger partial charge in [0.2, 0.25) is 0 Å². The molecule has 0 amide bonds. The maximum Gasteiger partial charge on any atom is 0.0615 e. The number of likely N-dealkylation sites (N-methyl/N-ethyl adjacent to an activating group) is 1. The van der Waals surface area contributed by atoms with Crippen LogP contribution >= 0.6 is 0 Å². The van der Waals surface area contributed by atoms with Gasteiger partial charge in [-0.25, -0.2) is 0 Å². The molecule has 3 unspecified atom stereocenters. The number of nitrogens with zero attached hydrogens (tertiary/aromatic N) is 1. The maximum absolute atomic E-state index is 5.21. The molecule has 0 heterocycles. The van der Waals surface area contributed by atoms with Gasteiger partial charge in [0.05, 0.1) is 6.61 Å². The van der Waals surface area contributed by atoms with Gasteiger partial charge in [0, 0.05) is 25.2 Å². The summed E-state index contributed by atoms with van der Waals surface area (Å²) < 4.78 is 5.21. The average Bonchev–Trinajstić information content (AvgIpc) is 2.29. The van der Waals surface area contributed by atoms with Gasteiger partial charge in [-0.15, -0.1) is 0 Å². The van der Waals surface area contributed by atoms with Crippen LogP contribution in [0.1, 0.15) is 40.5 Å². The fraction of sp³-hybridized carbons (Fsp3) is 1.00. The van der Waals surface area contributed by atoms with Crippen molar-refractivity contribution in [3.05, 3.63) is 0 Å². The largest absolute Gasteiger partial charge is 0.383 e. The van der Waals surface area contributed by atoms with Crippen molar-refractivity contribution in [2.45, 2.75) is 58.7 Å². The molecule has 0 saturated heterocycles. The lowest BCUT2D eigenvalue weighted by Gasteiger charge is -2.35. The summed E-state index contributed by atoms with van der Waals surface area (Å²) in [5, 5.41) is 3.61. The van der Waals surface area contributed by atoms with Crippen molar-refractivity contribution in [2.75, 3.05) is 27.3 Å². The van der Waals surface area contributed by atoms with Crippen LogP contribution in [-0.2, 0) is 4.74 Å². The fourth-order valence-electron chi connectivity index (χ4n) is 2.03. The standard InChI is InChI=1S/C13H30N2O/c1-7-9-14-13(8-2)12(4)15(5)11(3)10-16-6/h11-14H,7-10H2,1-6H3. The van der Waals surface area contributed by atoms with Crippen molar-refractivity contribution in [2.24, 2.45) is 0 Å². The Bertz CT molecular complexity index is 162. The predicted molar refractivity (Wildman–Crippen MR) is 70.9 cm³/mol. The zero-order valence-corrected chi connectivity index (χ0v) is 11.9. The lowest BCUT2D eigenvalue weighted by atomic mass is 10.0. The molecule has 98 valence electrons. The van der Waals surface area contributed by atoms with Gasteiger partial charge in [0.15, 0.2) is 0 Å². The van der Waals surface area contributed by atoms with Gasteiger partial charge in [0.25, 0.3) is 0 Å². The Kier molecular flexibility index (Phi) is 8.90. The van der Waals surface area contributed by atoms with Gasteiger partial charge in [-0.2, -0.15) is 0 Å². The molecule has 3 heteroatoms. The Hall–Kier alpha value is -0.120. The minimum absolute atomic E-state index is 0.470. The quantitative estimate of drug-likeness (QED) is 0.656. The van der Waals surface area contributed by atoms with Gasteiger partial charge in [0.1, 0.15) is 0 Å². The van der Waals surface area contributed by atoms with Crippen molar-refractivity contribution < 1.29 is 4.74 Å². The molecular formula is C13H30N2O. The van der Waals surface area contributed by atoms with Gasteiger partial charge in [-0.3, -0.25) is 4.90 Å². The summed E-state index contributed by atoms with van der Waals surface area (Å²) in [6.45, 7) is 10.9. The smallest absolute Gasteiger partial charge is 0.0615 e. The first-order valence-corrected chi connectivity index (χ1v) is 6.52. The van der Waals surface area contributed by atoms with Crippen LogP contribution in [0.2, 0.25) is 0 Å². The Morgan fingerprint density at radius 2 is 1.88 bits per heavy atom. The van der Waals surface area contributed by atoms with Crippen LogP contribution in [0.4, 0.5) is 0 Å². The lowest BCUT2D eigenvalue weighted by molar-refractivity contribution is 0.0805. The SMILES string of the molecule is CCCNC(CC)C(C)N(C)C(C)COC. The summed E-state index contributed by atoms with van der Waals surface area (Å²) >= 11 is 0. The van der Waals surface area contributed by atoms with Crippen LogP contribution in [0.5, 0.6) is 0 Å². The summed E-state index contributed by atoms with van der Waals surface area (Å²) in [4.78, 5) is 2.40. The molecule has 0 rings (SSSR count). The molecule has 3 nitrogen and oxygen atoms in total. The van der Waals surface area contributed by atoms with Gasteiger partial charge in [-0.1, -0.05) is 13.8 Å². The first-order valence-electron chi connectivity index (χ1n) is 6.52. The van der Waals surface area contributed by atoms with E-state index in [0.29, 0.717) is 18.1 Å². The van der Waals surface area contributed by atoms with Gasteiger partial charge < -0.3 is 10.1 Å². The second-order valence-electron chi connectivity index (χ2n) is 4.68. The van der Waals surface area contributed by atoms with E-state index in [2.05, 4.69) is 45.0 Å². The highest BCUT2D eigenvalue weighted by Gasteiger charge is 2.22. The Morgan fingerprint density at radius 3 is 2.31 bits per heavy atom. The highest BCUT2D eigenvalue weighted by atomic mass is 16.5. The zero-order chi connectivity index (χ0) is 12.6. The summed E-state index contributed by atoms with van der Waals surface area (Å²) in [6.07, 6.45) is 2.37. The molecule has 0 aromatic carbocycles. The van der Waals surface area contributed by atoms with Crippen molar-refractivity contribution in [3.8, 4) is 0 Å². The minimum atomic E-state index is 0.470. The van der Waals surface area contributed by atoms with Gasteiger partial charge >= 0.3 is 0 Å². The van der Waals surface area contributed by atoms with Crippen LogP contribution in [0, 0.1) is 0 Å². The predicted octanol–water partition coefficient (Wildman–Crippen LogP) is 2.12. The zero-order valence-electron chi connectivity index (χ0n) is 11.9. The Labute approximate surface area is 102 Å². The van der Waals surface area contributed by atoms with E-state index in [9.17, 15) is 0 Å². The number of hydrogen-bond acceptors (Lipinski definition) is 3. The van der Waals surface area contributed by atoms with E-state index in [1.54, 1.807) is 7.11 Å². The number of methoxy groups -OCH3 is 1.